The summed E-state index contributed by atoms with van der Waals surface area (Å²) in [6.45, 7) is 0.279. The molecule has 0 radical (unpaired) electrons. The van der Waals surface area contributed by atoms with Gasteiger partial charge in [-0.05, 0) is 42.0 Å². The Morgan fingerprint density at radius 1 is 1.00 bits per heavy atom. The van der Waals surface area contributed by atoms with Crippen LogP contribution in [-0.2, 0) is 6.61 Å². The third kappa shape index (κ3) is 3.75. The molecule has 1 aliphatic rings. The summed E-state index contributed by atoms with van der Waals surface area (Å²) < 4.78 is 25.2. The van der Waals surface area contributed by atoms with E-state index in [-0.39, 0.29) is 23.7 Å². The van der Waals surface area contributed by atoms with Crippen molar-refractivity contribution in [1.29, 1.82) is 0 Å². The van der Waals surface area contributed by atoms with E-state index in [1.165, 1.54) is 12.1 Å². The van der Waals surface area contributed by atoms with E-state index >= 15 is 0 Å². The van der Waals surface area contributed by atoms with Crippen molar-refractivity contribution >= 4 is 35.1 Å². The van der Waals surface area contributed by atoms with Crippen molar-refractivity contribution in [1.82, 2.24) is 0 Å². The van der Waals surface area contributed by atoms with Gasteiger partial charge in [-0.1, -0.05) is 47.5 Å². The number of allylic oxidation sites excluding steroid dienone is 1. The maximum Gasteiger partial charge on any atom is 0.231 e. The number of benzene rings is 3. The molecule has 1 heterocycles. The molecule has 3 aromatic carbocycles. The Balaban J connectivity index is 1.52. The standard InChI is InChI=1S/C22H13Cl2FO3/c23-17-8-5-13(9-18(17)24)12-27-15-6-7-16-20(11-15)28-21(22(16)26)10-14-3-1-2-4-19(14)25/h1-11H,12H2/b21-10-. The zero-order valence-electron chi connectivity index (χ0n) is 14.4. The number of Topliss-reactive ketones (excluding diaryl/α,β-unsaturated/α-hetero) is 1. The predicted octanol–water partition coefficient (Wildman–Crippen LogP) is 6.33. The largest absolute Gasteiger partial charge is 0.489 e. The second kappa shape index (κ2) is 7.66. The lowest BCUT2D eigenvalue weighted by Gasteiger charge is -2.08. The maximum atomic E-state index is 13.8. The van der Waals surface area contributed by atoms with E-state index in [4.69, 9.17) is 32.7 Å². The van der Waals surface area contributed by atoms with Crippen molar-refractivity contribution in [2.75, 3.05) is 0 Å². The number of hydrogen-bond donors (Lipinski definition) is 0. The summed E-state index contributed by atoms with van der Waals surface area (Å²) in [5.74, 6) is 0.257. The third-order valence-corrected chi connectivity index (χ3v) is 4.96. The summed E-state index contributed by atoms with van der Waals surface area (Å²) in [5.41, 5.74) is 1.55. The van der Waals surface area contributed by atoms with Crippen molar-refractivity contribution < 1.29 is 18.7 Å². The van der Waals surface area contributed by atoms with Gasteiger partial charge in [-0.25, -0.2) is 4.39 Å². The summed E-state index contributed by atoms with van der Waals surface area (Å²) in [6, 6.07) is 16.4. The quantitative estimate of drug-likeness (QED) is 0.468. The van der Waals surface area contributed by atoms with Gasteiger partial charge in [0.2, 0.25) is 5.78 Å². The Morgan fingerprint density at radius 3 is 2.61 bits per heavy atom. The monoisotopic (exact) mass is 414 g/mol. The van der Waals surface area contributed by atoms with Gasteiger partial charge in [0.1, 0.15) is 23.9 Å². The number of ketones is 1. The van der Waals surface area contributed by atoms with Crippen LogP contribution in [0.2, 0.25) is 10.0 Å². The SMILES string of the molecule is O=C1/C(=C/c2ccccc2F)Oc2cc(OCc3ccc(Cl)c(Cl)c3)ccc21. The van der Waals surface area contributed by atoms with E-state index < -0.39 is 5.82 Å². The van der Waals surface area contributed by atoms with E-state index in [9.17, 15) is 9.18 Å². The van der Waals surface area contributed by atoms with Crippen LogP contribution in [0.1, 0.15) is 21.5 Å². The highest BCUT2D eigenvalue weighted by molar-refractivity contribution is 6.42. The number of ether oxygens (including phenoxy) is 2. The van der Waals surface area contributed by atoms with E-state index in [1.807, 2.05) is 6.07 Å². The molecule has 4 rings (SSSR count). The predicted molar refractivity (Wildman–Crippen MR) is 107 cm³/mol. The molecule has 0 spiro atoms. The average Bonchev–Trinajstić information content (AvgIpc) is 2.99. The summed E-state index contributed by atoms with van der Waals surface area (Å²) in [7, 11) is 0. The zero-order chi connectivity index (χ0) is 19.7. The lowest BCUT2D eigenvalue weighted by molar-refractivity contribution is 0.101. The topological polar surface area (TPSA) is 35.5 Å². The molecule has 0 atom stereocenters. The van der Waals surface area contributed by atoms with Crippen LogP contribution in [0, 0.1) is 5.82 Å². The van der Waals surface area contributed by atoms with Gasteiger partial charge in [0.25, 0.3) is 0 Å². The summed E-state index contributed by atoms with van der Waals surface area (Å²) in [5, 5.41) is 0.928. The Morgan fingerprint density at radius 2 is 1.82 bits per heavy atom. The van der Waals surface area contributed by atoms with Gasteiger partial charge in [-0.3, -0.25) is 4.79 Å². The number of carbonyl (C=O) groups is 1. The van der Waals surface area contributed by atoms with Crippen LogP contribution in [0.25, 0.3) is 6.08 Å². The molecule has 6 heteroatoms. The molecule has 3 nitrogen and oxygen atoms in total. The molecule has 140 valence electrons. The van der Waals surface area contributed by atoms with Crippen LogP contribution in [0.5, 0.6) is 11.5 Å². The Labute approximate surface area is 170 Å². The van der Waals surface area contributed by atoms with E-state index in [0.29, 0.717) is 27.1 Å². The van der Waals surface area contributed by atoms with Gasteiger partial charge >= 0.3 is 0 Å². The van der Waals surface area contributed by atoms with Crippen molar-refractivity contribution in [3.8, 4) is 11.5 Å². The smallest absolute Gasteiger partial charge is 0.231 e. The molecule has 0 fully saturated rings. The second-order valence-corrected chi connectivity index (χ2v) is 6.97. The molecule has 0 bridgehead atoms. The first kappa shape index (κ1) is 18.5. The highest BCUT2D eigenvalue weighted by Gasteiger charge is 2.28. The molecule has 0 saturated heterocycles. The lowest BCUT2D eigenvalue weighted by Crippen LogP contribution is -1.98. The summed E-state index contributed by atoms with van der Waals surface area (Å²) in [4.78, 5) is 12.5. The summed E-state index contributed by atoms with van der Waals surface area (Å²) >= 11 is 11.9. The highest BCUT2D eigenvalue weighted by atomic mass is 35.5. The van der Waals surface area contributed by atoms with Gasteiger partial charge < -0.3 is 9.47 Å². The first-order chi connectivity index (χ1) is 13.5. The molecule has 0 aromatic heterocycles. The molecule has 0 aliphatic carbocycles. The van der Waals surface area contributed by atoms with Gasteiger partial charge in [0.05, 0.1) is 15.6 Å². The number of rotatable bonds is 4. The van der Waals surface area contributed by atoms with Crippen LogP contribution in [-0.4, -0.2) is 5.78 Å². The van der Waals surface area contributed by atoms with Gasteiger partial charge in [-0.2, -0.15) is 0 Å². The number of fused-ring (bicyclic) bond motifs is 1. The van der Waals surface area contributed by atoms with Crippen LogP contribution >= 0.6 is 23.2 Å². The molecule has 0 unspecified atom stereocenters. The van der Waals surface area contributed by atoms with Crippen molar-refractivity contribution in [3.63, 3.8) is 0 Å². The summed E-state index contributed by atoms with van der Waals surface area (Å²) in [6.07, 6.45) is 1.40. The third-order valence-electron chi connectivity index (χ3n) is 4.22. The van der Waals surface area contributed by atoms with Crippen molar-refractivity contribution in [3.05, 3.63) is 99.0 Å². The highest BCUT2D eigenvalue weighted by Crippen LogP contribution is 2.35. The van der Waals surface area contributed by atoms with Crippen LogP contribution in [0.4, 0.5) is 4.39 Å². The first-order valence-corrected chi connectivity index (χ1v) is 9.16. The van der Waals surface area contributed by atoms with E-state index in [2.05, 4.69) is 0 Å². The van der Waals surface area contributed by atoms with Crippen LogP contribution < -0.4 is 9.47 Å². The molecule has 28 heavy (non-hydrogen) atoms. The maximum absolute atomic E-state index is 13.8. The minimum atomic E-state index is -0.423. The fourth-order valence-electron chi connectivity index (χ4n) is 2.79. The first-order valence-electron chi connectivity index (χ1n) is 8.41. The van der Waals surface area contributed by atoms with Crippen molar-refractivity contribution in [2.45, 2.75) is 6.61 Å². The number of carbonyl (C=O) groups excluding carboxylic acids is 1. The fraction of sp³-hybridized carbons (Fsp3) is 0.0455. The molecular weight excluding hydrogens is 402 g/mol. The van der Waals surface area contributed by atoms with E-state index in [1.54, 1.807) is 48.5 Å². The van der Waals surface area contributed by atoms with Crippen LogP contribution in [0.3, 0.4) is 0 Å². The zero-order valence-corrected chi connectivity index (χ0v) is 15.9. The second-order valence-electron chi connectivity index (χ2n) is 6.16. The normalized spacial score (nSPS) is 14.1. The van der Waals surface area contributed by atoms with E-state index in [0.717, 1.165) is 5.56 Å². The molecule has 0 N–H and O–H groups in total. The van der Waals surface area contributed by atoms with Gasteiger partial charge in [-0.15, -0.1) is 0 Å². The molecule has 3 aromatic rings. The number of halogens is 3. The minimum Gasteiger partial charge on any atom is -0.489 e. The molecule has 1 aliphatic heterocycles. The number of hydrogen-bond acceptors (Lipinski definition) is 3. The minimum absolute atomic E-state index is 0.0710. The average molecular weight is 415 g/mol. The van der Waals surface area contributed by atoms with Gasteiger partial charge in [0, 0.05) is 11.6 Å². The van der Waals surface area contributed by atoms with Crippen LogP contribution in [0.15, 0.2) is 66.4 Å². The molecular formula is C22H13Cl2FO3. The Hall–Kier alpha value is -2.82. The van der Waals surface area contributed by atoms with Crippen molar-refractivity contribution in [2.24, 2.45) is 0 Å². The fourth-order valence-corrected chi connectivity index (χ4v) is 3.11. The Bertz CT molecular complexity index is 1110. The molecule has 0 saturated carbocycles. The lowest BCUT2D eigenvalue weighted by atomic mass is 10.1. The van der Waals surface area contributed by atoms with Gasteiger partial charge in [0.15, 0.2) is 5.76 Å². The molecule has 0 amide bonds. The Kier molecular flexibility index (Phi) is 5.07.